The van der Waals surface area contributed by atoms with Crippen LogP contribution in [0.2, 0.25) is 0 Å². The van der Waals surface area contributed by atoms with E-state index in [1.807, 2.05) is 0 Å². The number of methoxy groups -OCH3 is 1. The first kappa shape index (κ1) is 11.0. The third kappa shape index (κ3) is 1.55. The second-order valence-electron chi connectivity index (χ2n) is 4.18. The van der Waals surface area contributed by atoms with E-state index in [1.165, 1.54) is 0 Å². The number of hydrogen-bond acceptors (Lipinski definition) is 3. The first-order chi connectivity index (χ1) is 7.58. The number of benzene rings is 1. The summed E-state index contributed by atoms with van der Waals surface area (Å²) in [6, 6.07) is 6.98. The summed E-state index contributed by atoms with van der Waals surface area (Å²) in [5.41, 5.74) is -0.183. The number of carbonyl (C=O) groups is 1. The summed E-state index contributed by atoms with van der Waals surface area (Å²) in [6.07, 6.45) is 0.0711. The number of aliphatic hydroxyl groups excluding tert-OH is 1. The zero-order chi connectivity index (χ0) is 11.8. The lowest BCUT2D eigenvalue weighted by Crippen LogP contribution is -2.50. The van der Waals surface area contributed by atoms with Gasteiger partial charge in [0.05, 0.1) is 18.6 Å². The molecule has 16 heavy (non-hydrogen) atoms. The highest BCUT2D eigenvalue weighted by Crippen LogP contribution is 2.44. The summed E-state index contributed by atoms with van der Waals surface area (Å²) >= 11 is 0. The van der Waals surface area contributed by atoms with Gasteiger partial charge in [-0.15, -0.1) is 0 Å². The van der Waals surface area contributed by atoms with Gasteiger partial charge in [-0.25, -0.2) is 0 Å². The molecule has 0 aromatic heterocycles. The van der Waals surface area contributed by atoms with E-state index in [4.69, 9.17) is 4.74 Å². The van der Waals surface area contributed by atoms with E-state index in [9.17, 15) is 15.0 Å². The van der Waals surface area contributed by atoms with Crippen molar-refractivity contribution in [1.29, 1.82) is 0 Å². The third-order valence-corrected chi connectivity index (χ3v) is 3.22. The SMILES string of the molecule is COc1ccc(C2(C(=O)O)CC(O)C2)cc1. The van der Waals surface area contributed by atoms with Gasteiger partial charge in [0.25, 0.3) is 0 Å². The average molecular weight is 222 g/mol. The molecule has 2 N–H and O–H groups in total. The molecule has 4 nitrogen and oxygen atoms in total. The van der Waals surface area contributed by atoms with Crippen LogP contribution in [0.25, 0.3) is 0 Å². The quantitative estimate of drug-likeness (QED) is 0.805. The molecule has 0 radical (unpaired) electrons. The van der Waals surface area contributed by atoms with Crippen LogP contribution in [0.1, 0.15) is 18.4 Å². The van der Waals surface area contributed by atoms with E-state index >= 15 is 0 Å². The number of hydrogen-bond donors (Lipinski definition) is 2. The summed E-state index contributed by atoms with van der Waals surface area (Å²) in [6.45, 7) is 0. The Balaban J connectivity index is 2.30. The highest BCUT2D eigenvalue weighted by atomic mass is 16.5. The molecule has 1 saturated carbocycles. The lowest BCUT2D eigenvalue weighted by Gasteiger charge is -2.42. The van der Waals surface area contributed by atoms with Gasteiger partial charge in [0, 0.05) is 0 Å². The van der Waals surface area contributed by atoms with Crippen molar-refractivity contribution >= 4 is 5.97 Å². The molecule has 0 saturated heterocycles. The molecule has 2 rings (SSSR count). The number of carboxylic acid groups (broad SMARTS) is 1. The fourth-order valence-electron chi connectivity index (χ4n) is 2.19. The van der Waals surface area contributed by atoms with Crippen molar-refractivity contribution in [2.75, 3.05) is 7.11 Å². The summed E-state index contributed by atoms with van der Waals surface area (Å²) in [5, 5.41) is 18.5. The Morgan fingerprint density at radius 1 is 1.38 bits per heavy atom. The zero-order valence-corrected chi connectivity index (χ0v) is 9.01. The van der Waals surface area contributed by atoms with Crippen molar-refractivity contribution in [2.45, 2.75) is 24.4 Å². The van der Waals surface area contributed by atoms with Crippen LogP contribution in [0.15, 0.2) is 24.3 Å². The Bertz CT molecular complexity index is 390. The molecule has 0 spiro atoms. The van der Waals surface area contributed by atoms with Gasteiger partial charge in [0.1, 0.15) is 5.75 Å². The second-order valence-corrected chi connectivity index (χ2v) is 4.18. The van der Waals surface area contributed by atoms with Crippen LogP contribution in [0.5, 0.6) is 5.75 Å². The van der Waals surface area contributed by atoms with E-state index < -0.39 is 17.5 Å². The van der Waals surface area contributed by atoms with Gasteiger partial charge in [-0.3, -0.25) is 4.79 Å². The zero-order valence-electron chi connectivity index (χ0n) is 9.01. The molecule has 0 heterocycles. The van der Waals surface area contributed by atoms with Crippen molar-refractivity contribution in [3.8, 4) is 5.75 Å². The molecule has 1 aliphatic rings. The minimum absolute atomic E-state index is 0.286. The molecule has 0 amide bonds. The topological polar surface area (TPSA) is 66.8 Å². The number of rotatable bonds is 3. The molecule has 1 fully saturated rings. The van der Waals surface area contributed by atoms with Crippen LogP contribution in [-0.2, 0) is 10.2 Å². The average Bonchev–Trinajstić information content (AvgIpc) is 2.24. The van der Waals surface area contributed by atoms with Gasteiger partial charge >= 0.3 is 5.97 Å². The predicted octanol–water partition coefficient (Wildman–Crippen LogP) is 1.17. The molecule has 1 aliphatic carbocycles. The van der Waals surface area contributed by atoms with Gasteiger partial charge in [-0.05, 0) is 30.5 Å². The van der Waals surface area contributed by atoms with Crippen LogP contribution in [0, 0.1) is 0 Å². The van der Waals surface area contributed by atoms with Crippen molar-refractivity contribution in [3.63, 3.8) is 0 Å². The van der Waals surface area contributed by atoms with Crippen molar-refractivity contribution < 1.29 is 19.7 Å². The number of carboxylic acids is 1. The number of aliphatic hydroxyl groups is 1. The molecule has 1 aromatic rings. The van der Waals surface area contributed by atoms with Crippen LogP contribution < -0.4 is 4.74 Å². The Labute approximate surface area is 93.5 Å². The molecular formula is C12H14O4. The van der Waals surface area contributed by atoms with E-state index in [0.717, 1.165) is 5.56 Å². The minimum Gasteiger partial charge on any atom is -0.497 e. The fourth-order valence-corrected chi connectivity index (χ4v) is 2.19. The molecular weight excluding hydrogens is 208 g/mol. The Morgan fingerprint density at radius 3 is 2.31 bits per heavy atom. The Hall–Kier alpha value is -1.55. The summed E-state index contributed by atoms with van der Waals surface area (Å²) < 4.78 is 5.02. The first-order valence-corrected chi connectivity index (χ1v) is 5.14. The standard InChI is InChI=1S/C12H14O4/c1-16-10-4-2-8(3-5-10)12(11(14)15)6-9(13)7-12/h2-5,9,13H,6-7H2,1H3,(H,14,15). The van der Waals surface area contributed by atoms with Gasteiger partial charge in [-0.1, -0.05) is 12.1 Å². The largest absolute Gasteiger partial charge is 0.497 e. The van der Waals surface area contributed by atoms with Gasteiger partial charge in [0.15, 0.2) is 0 Å². The van der Waals surface area contributed by atoms with E-state index in [-0.39, 0.29) is 12.8 Å². The van der Waals surface area contributed by atoms with Crippen LogP contribution in [0.3, 0.4) is 0 Å². The smallest absolute Gasteiger partial charge is 0.314 e. The lowest BCUT2D eigenvalue weighted by molar-refractivity contribution is -0.152. The summed E-state index contributed by atoms with van der Waals surface area (Å²) in [4.78, 5) is 11.3. The van der Waals surface area contributed by atoms with Gasteiger partial charge < -0.3 is 14.9 Å². The molecule has 0 aliphatic heterocycles. The van der Waals surface area contributed by atoms with Crippen molar-refractivity contribution in [1.82, 2.24) is 0 Å². The van der Waals surface area contributed by atoms with Gasteiger partial charge in [-0.2, -0.15) is 0 Å². The van der Waals surface area contributed by atoms with Crippen LogP contribution in [0.4, 0.5) is 0 Å². The highest BCUT2D eigenvalue weighted by molar-refractivity contribution is 5.83. The van der Waals surface area contributed by atoms with E-state index in [1.54, 1.807) is 31.4 Å². The van der Waals surface area contributed by atoms with Gasteiger partial charge in [0.2, 0.25) is 0 Å². The minimum atomic E-state index is -0.911. The Kier molecular flexibility index (Phi) is 2.59. The highest BCUT2D eigenvalue weighted by Gasteiger charge is 2.51. The maximum atomic E-state index is 11.3. The number of ether oxygens (including phenoxy) is 1. The normalized spacial score (nSPS) is 28.2. The van der Waals surface area contributed by atoms with E-state index in [2.05, 4.69) is 0 Å². The van der Waals surface area contributed by atoms with Crippen LogP contribution in [-0.4, -0.2) is 29.4 Å². The lowest BCUT2D eigenvalue weighted by atomic mass is 9.63. The first-order valence-electron chi connectivity index (χ1n) is 5.14. The maximum Gasteiger partial charge on any atom is 0.314 e. The predicted molar refractivity (Wildman–Crippen MR) is 57.5 cm³/mol. The molecule has 4 heteroatoms. The van der Waals surface area contributed by atoms with Crippen molar-refractivity contribution in [3.05, 3.63) is 29.8 Å². The fraction of sp³-hybridized carbons (Fsp3) is 0.417. The Morgan fingerprint density at radius 2 is 1.94 bits per heavy atom. The maximum absolute atomic E-state index is 11.3. The van der Waals surface area contributed by atoms with E-state index in [0.29, 0.717) is 5.75 Å². The molecule has 1 aromatic carbocycles. The van der Waals surface area contributed by atoms with Crippen LogP contribution >= 0.6 is 0 Å². The van der Waals surface area contributed by atoms with Crippen molar-refractivity contribution in [2.24, 2.45) is 0 Å². The molecule has 0 unspecified atom stereocenters. The number of aliphatic carboxylic acids is 1. The molecule has 0 bridgehead atoms. The second kappa shape index (κ2) is 3.79. The molecule has 86 valence electrons. The third-order valence-electron chi connectivity index (χ3n) is 3.22. The molecule has 0 atom stereocenters. The summed E-state index contributed by atoms with van der Waals surface area (Å²) in [5.74, 6) is -0.174. The summed E-state index contributed by atoms with van der Waals surface area (Å²) in [7, 11) is 1.56. The monoisotopic (exact) mass is 222 g/mol.